The Hall–Kier alpha value is -3.93. The predicted molar refractivity (Wildman–Crippen MR) is 137 cm³/mol. The summed E-state index contributed by atoms with van der Waals surface area (Å²) in [5.74, 6) is -2.30. The minimum atomic E-state index is -1.29. The zero-order valence-electron chi connectivity index (χ0n) is 18.5. The first-order chi connectivity index (χ1) is 17.1. The SMILES string of the molecule is [C-]#[N+]c1ccc2c(c1)N(CC)/C(=C/C=c1/s/c(=C3\SC(=S)N(CC(=O)O)C3=O)n(CC(=O)O)c1=O)O2. The Balaban J connectivity index is 1.82. The number of anilines is 1. The Kier molecular flexibility index (Phi) is 6.97. The van der Waals surface area contributed by atoms with Crippen molar-refractivity contribution in [1.82, 2.24) is 9.47 Å². The highest BCUT2D eigenvalue weighted by Gasteiger charge is 2.35. The van der Waals surface area contributed by atoms with E-state index in [2.05, 4.69) is 4.85 Å². The van der Waals surface area contributed by atoms with Crippen molar-refractivity contribution < 1.29 is 29.3 Å². The highest BCUT2D eigenvalue weighted by Crippen LogP contribution is 2.41. The van der Waals surface area contributed by atoms with Crippen LogP contribution >= 0.6 is 35.3 Å². The number of thiazole rings is 1. The molecule has 2 aliphatic heterocycles. The number of carbonyl (C=O) groups excluding carboxylic acids is 1. The van der Waals surface area contributed by atoms with Gasteiger partial charge in [-0.05, 0) is 25.1 Å². The average molecular weight is 545 g/mol. The van der Waals surface area contributed by atoms with Gasteiger partial charge in [-0.15, -0.1) is 11.3 Å². The molecule has 3 heterocycles. The van der Waals surface area contributed by atoms with Crippen LogP contribution in [0.25, 0.3) is 15.8 Å². The number of carbonyl (C=O) groups is 3. The van der Waals surface area contributed by atoms with Crippen LogP contribution in [0.15, 0.2) is 35.0 Å². The number of ether oxygens (including phenoxy) is 1. The predicted octanol–water partition coefficient (Wildman–Crippen LogP) is 1.14. The Morgan fingerprint density at radius 1 is 1.17 bits per heavy atom. The van der Waals surface area contributed by atoms with Gasteiger partial charge >= 0.3 is 11.9 Å². The van der Waals surface area contributed by atoms with Gasteiger partial charge in [-0.25, -0.2) is 4.85 Å². The van der Waals surface area contributed by atoms with Crippen molar-refractivity contribution in [1.29, 1.82) is 0 Å². The smallest absolute Gasteiger partial charge is 0.323 e. The van der Waals surface area contributed by atoms with E-state index in [0.29, 0.717) is 29.6 Å². The molecule has 1 saturated heterocycles. The van der Waals surface area contributed by atoms with Crippen LogP contribution in [0, 0.1) is 6.57 Å². The van der Waals surface area contributed by atoms with Gasteiger partial charge in [0.25, 0.3) is 11.5 Å². The molecular formula is C22H16N4O7S3. The van der Waals surface area contributed by atoms with Crippen LogP contribution < -0.4 is 24.4 Å². The zero-order chi connectivity index (χ0) is 26.1. The van der Waals surface area contributed by atoms with Gasteiger partial charge in [-0.2, -0.15) is 0 Å². The molecule has 0 radical (unpaired) electrons. The summed E-state index contributed by atoms with van der Waals surface area (Å²) in [5.41, 5.74) is 0.522. The third-order valence-corrected chi connectivity index (χ3v) is 7.79. The van der Waals surface area contributed by atoms with Crippen molar-refractivity contribution in [2.45, 2.75) is 13.5 Å². The first-order valence-corrected chi connectivity index (χ1v) is 12.3. The second kappa shape index (κ2) is 9.97. The molecule has 1 fully saturated rings. The standard InChI is InChI=1S/C22H16N4O7S3/c1-3-24-12-8-11(23-2)4-5-13(12)33-15(24)7-6-14-19(31)25(9-16(27)28)21(35-14)18-20(32)26(10-17(29)30)22(34)36-18/h4-8H,3,9-10H2,1H3,(H,27,28)(H,29,30)/b14-6+,15-7-,21-18-. The Morgan fingerprint density at radius 3 is 2.53 bits per heavy atom. The second-order valence-corrected chi connectivity index (χ2v) is 10.00. The number of fused-ring (bicyclic) bond motifs is 1. The fourth-order valence-electron chi connectivity index (χ4n) is 3.54. The highest BCUT2D eigenvalue weighted by atomic mass is 32.2. The number of allylic oxidation sites excluding steroid dienone is 1. The number of rotatable bonds is 6. The van der Waals surface area contributed by atoms with E-state index in [0.717, 1.165) is 32.6 Å². The molecule has 0 aliphatic carbocycles. The lowest BCUT2D eigenvalue weighted by Crippen LogP contribution is -2.36. The van der Waals surface area contributed by atoms with E-state index in [1.165, 1.54) is 6.08 Å². The fourth-order valence-corrected chi connectivity index (χ4v) is 5.99. The van der Waals surface area contributed by atoms with Crippen molar-refractivity contribution in [3.05, 3.63) is 61.1 Å². The van der Waals surface area contributed by atoms with Gasteiger partial charge in [-0.1, -0.05) is 30.0 Å². The summed E-state index contributed by atoms with van der Waals surface area (Å²) in [6.45, 7) is 8.29. The van der Waals surface area contributed by atoms with Gasteiger partial charge in [0.05, 0.1) is 16.8 Å². The molecule has 184 valence electrons. The minimum absolute atomic E-state index is 0.00209. The Bertz CT molecular complexity index is 1580. The summed E-state index contributed by atoms with van der Waals surface area (Å²) >= 11 is 6.82. The minimum Gasteiger partial charge on any atom is -0.480 e. The summed E-state index contributed by atoms with van der Waals surface area (Å²) in [6, 6.07) is 5.01. The summed E-state index contributed by atoms with van der Waals surface area (Å²) < 4.78 is 7.03. The molecule has 2 aromatic rings. The maximum Gasteiger partial charge on any atom is 0.323 e. The van der Waals surface area contributed by atoms with E-state index < -0.39 is 36.5 Å². The maximum atomic E-state index is 13.1. The van der Waals surface area contributed by atoms with Gasteiger partial charge in [0.1, 0.15) is 27.0 Å². The number of carboxylic acid groups (broad SMARTS) is 2. The quantitative estimate of drug-likeness (QED) is 0.403. The molecule has 36 heavy (non-hydrogen) atoms. The highest BCUT2D eigenvalue weighted by molar-refractivity contribution is 8.30. The molecule has 4 rings (SSSR count). The van der Waals surface area contributed by atoms with E-state index in [1.807, 2.05) is 11.8 Å². The van der Waals surface area contributed by atoms with Gasteiger partial charge in [0, 0.05) is 12.6 Å². The first kappa shape index (κ1) is 25.2. The van der Waals surface area contributed by atoms with E-state index in [-0.39, 0.29) is 18.4 Å². The molecule has 0 spiro atoms. The molecular weight excluding hydrogens is 528 g/mol. The van der Waals surface area contributed by atoms with Gasteiger partial charge in [0.2, 0.25) is 5.88 Å². The molecule has 0 bridgehead atoms. The number of thiocarbonyl (C=S) groups is 1. The number of thioether (sulfide) groups is 1. The molecule has 11 nitrogen and oxygen atoms in total. The van der Waals surface area contributed by atoms with Crippen molar-refractivity contribution in [2.75, 3.05) is 18.0 Å². The van der Waals surface area contributed by atoms with E-state index in [4.69, 9.17) is 28.6 Å². The molecule has 0 atom stereocenters. The second-order valence-electron chi connectivity index (χ2n) is 7.32. The lowest BCUT2D eigenvalue weighted by molar-refractivity contribution is -0.140. The molecule has 1 aromatic carbocycles. The zero-order valence-corrected chi connectivity index (χ0v) is 20.9. The summed E-state index contributed by atoms with van der Waals surface area (Å²) in [6.07, 6.45) is 3.02. The van der Waals surface area contributed by atoms with Crippen molar-refractivity contribution in [3.8, 4) is 5.75 Å². The molecule has 1 amide bonds. The number of aliphatic carboxylic acids is 2. The third-order valence-electron chi connectivity index (χ3n) is 5.07. The number of nitrogens with zero attached hydrogens (tertiary/aromatic N) is 4. The van der Waals surface area contributed by atoms with Gasteiger partial charge in [0.15, 0.2) is 11.4 Å². The number of amides is 1. The normalized spacial score (nSPS) is 18.0. The monoisotopic (exact) mass is 544 g/mol. The number of carboxylic acids is 2. The van der Waals surface area contributed by atoms with Crippen LogP contribution in [0.5, 0.6) is 5.75 Å². The van der Waals surface area contributed by atoms with E-state index >= 15 is 0 Å². The van der Waals surface area contributed by atoms with Crippen molar-refractivity contribution >= 4 is 79.8 Å². The largest absolute Gasteiger partial charge is 0.480 e. The van der Waals surface area contributed by atoms with Crippen LogP contribution in [0.3, 0.4) is 0 Å². The molecule has 14 heteroatoms. The average Bonchev–Trinajstić information content (AvgIpc) is 3.43. The number of benzene rings is 1. The lowest BCUT2D eigenvalue weighted by Gasteiger charge is -2.15. The van der Waals surface area contributed by atoms with Crippen molar-refractivity contribution in [3.63, 3.8) is 0 Å². The molecule has 2 aliphatic rings. The topological polar surface area (TPSA) is 134 Å². The number of hydrogen-bond acceptors (Lipinski definition) is 9. The van der Waals surface area contributed by atoms with E-state index in [9.17, 15) is 24.3 Å². The molecule has 2 N–H and O–H groups in total. The van der Waals surface area contributed by atoms with Crippen LogP contribution in [-0.4, -0.2) is 54.9 Å². The fraction of sp³-hybridized carbons (Fsp3) is 0.182. The molecule has 1 aromatic heterocycles. The Labute approximate surface area is 216 Å². The van der Waals surface area contributed by atoms with Crippen LogP contribution in [0.1, 0.15) is 6.92 Å². The maximum absolute atomic E-state index is 13.1. The van der Waals surface area contributed by atoms with Gasteiger partial charge < -0.3 is 19.8 Å². The third kappa shape index (κ3) is 4.63. The number of hydrogen-bond donors (Lipinski definition) is 2. The summed E-state index contributed by atoms with van der Waals surface area (Å²) in [4.78, 5) is 54.6. The van der Waals surface area contributed by atoms with Crippen LogP contribution in [0.4, 0.5) is 11.4 Å². The Morgan fingerprint density at radius 2 is 1.89 bits per heavy atom. The lowest BCUT2D eigenvalue weighted by atomic mass is 10.2. The van der Waals surface area contributed by atoms with Crippen LogP contribution in [-0.2, 0) is 20.9 Å². The van der Waals surface area contributed by atoms with Gasteiger partial charge in [-0.3, -0.25) is 28.6 Å². The summed E-state index contributed by atoms with van der Waals surface area (Å²) in [5, 5.41) is 18.4. The summed E-state index contributed by atoms with van der Waals surface area (Å²) in [7, 11) is 0. The van der Waals surface area contributed by atoms with Crippen molar-refractivity contribution in [2.24, 2.45) is 0 Å². The van der Waals surface area contributed by atoms with Crippen LogP contribution in [0.2, 0.25) is 0 Å². The van der Waals surface area contributed by atoms with E-state index in [1.54, 1.807) is 24.3 Å². The first-order valence-electron chi connectivity index (χ1n) is 10.2. The molecule has 0 saturated carbocycles. The number of aromatic nitrogens is 1. The molecule has 0 unspecified atom stereocenters.